The predicted molar refractivity (Wildman–Crippen MR) is 132 cm³/mol. The van der Waals surface area contributed by atoms with Crippen LogP contribution in [-0.4, -0.2) is 61.0 Å². The summed E-state index contributed by atoms with van der Waals surface area (Å²) in [5.74, 6) is -1.43. The molecule has 2 heterocycles. The van der Waals surface area contributed by atoms with Crippen LogP contribution in [0.1, 0.15) is 24.0 Å². The number of ether oxygens (including phenoxy) is 1. The van der Waals surface area contributed by atoms with Crippen molar-refractivity contribution in [3.8, 4) is 0 Å². The number of aromatic nitrogens is 1. The molecule has 2 amide bonds. The summed E-state index contributed by atoms with van der Waals surface area (Å²) in [5, 5.41) is 2.85. The number of nitrogens with one attached hydrogen (secondary N) is 1. The summed E-state index contributed by atoms with van der Waals surface area (Å²) in [4.78, 5) is 45.1. The molecule has 1 aliphatic heterocycles. The summed E-state index contributed by atoms with van der Waals surface area (Å²) in [6.07, 6.45) is 1.17. The van der Waals surface area contributed by atoms with E-state index in [1.165, 1.54) is 11.9 Å². The molecular formula is C26H30N4O5. The van der Waals surface area contributed by atoms with Gasteiger partial charge in [0.15, 0.2) is 12.2 Å². The zero-order valence-electron chi connectivity index (χ0n) is 20.2. The van der Waals surface area contributed by atoms with Crippen molar-refractivity contribution in [3.63, 3.8) is 0 Å². The Morgan fingerprint density at radius 3 is 2.46 bits per heavy atom. The number of fused-ring (bicyclic) bond motifs is 1. The second-order valence-corrected chi connectivity index (χ2v) is 8.90. The maximum absolute atomic E-state index is 12.5. The fourth-order valence-electron chi connectivity index (χ4n) is 4.16. The van der Waals surface area contributed by atoms with E-state index in [0.717, 1.165) is 27.9 Å². The lowest BCUT2D eigenvalue weighted by Gasteiger charge is -2.29. The molecule has 0 radical (unpaired) electrons. The number of carbonyl (C=O) groups excluding carboxylic acids is 3. The zero-order chi connectivity index (χ0) is 24.9. The molecule has 184 valence electrons. The number of esters is 1. The van der Waals surface area contributed by atoms with Gasteiger partial charge in [-0.3, -0.25) is 14.4 Å². The molecule has 2 aromatic carbocycles. The molecule has 9 heteroatoms. The third kappa shape index (κ3) is 5.79. The highest BCUT2D eigenvalue weighted by Gasteiger charge is 2.29. The average Bonchev–Trinajstić information content (AvgIpc) is 3.29. The number of amides is 2. The third-order valence-corrected chi connectivity index (χ3v) is 6.27. The Bertz CT molecular complexity index is 1180. The molecule has 0 unspecified atom stereocenters. The van der Waals surface area contributed by atoms with Crippen molar-refractivity contribution in [3.05, 3.63) is 53.6 Å². The number of piperidine rings is 1. The van der Waals surface area contributed by atoms with Gasteiger partial charge < -0.3 is 24.3 Å². The number of nitrogens with zero attached hydrogens (tertiary/aromatic N) is 3. The highest BCUT2D eigenvalue weighted by molar-refractivity contribution is 5.96. The molecule has 35 heavy (non-hydrogen) atoms. The van der Waals surface area contributed by atoms with E-state index in [1.807, 2.05) is 61.2 Å². The molecule has 0 spiro atoms. The first-order valence-electron chi connectivity index (χ1n) is 11.7. The Morgan fingerprint density at radius 1 is 1.09 bits per heavy atom. The van der Waals surface area contributed by atoms with Crippen LogP contribution >= 0.6 is 0 Å². The molecular weight excluding hydrogens is 448 g/mol. The first kappa shape index (κ1) is 24.3. The molecule has 0 bridgehead atoms. The van der Waals surface area contributed by atoms with Crippen LogP contribution in [0.15, 0.2) is 46.9 Å². The molecule has 0 saturated carbocycles. The van der Waals surface area contributed by atoms with Crippen molar-refractivity contribution in [1.29, 1.82) is 0 Å². The van der Waals surface area contributed by atoms with Crippen molar-refractivity contribution < 1.29 is 23.5 Å². The van der Waals surface area contributed by atoms with Crippen molar-refractivity contribution in [2.45, 2.75) is 26.7 Å². The smallest absolute Gasteiger partial charge is 0.309 e. The Labute approximate surface area is 204 Å². The monoisotopic (exact) mass is 478 g/mol. The molecule has 1 N–H and O–H groups in total. The van der Waals surface area contributed by atoms with Crippen molar-refractivity contribution in [1.82, 2.24) is 9.88 Å². The number of para-hydroxylation sites is 3. The number of likely N-dealkylation sites (N-methyl/N-ethyl adjacent to an activating group) is 1. The number of aryl methyl sites for hydroxylation is 2. The van der Waals surface area contributed by atoms with Crippen molar-refractivity contribution >= 4 is 40.6 Å². The summed E-state index contributed by atoms with van der Waals surface area (Å²) in [5.41, 5.74) is 4.17. The normalized spacial score (nSPS) is 14.1. The van der Waals surface area contributed by atoms with Gasteiger partial charge in [-0.25, -0.2) is 0 Å². The molecule has 0 aliphatic carbocycles. The standard InChI is InChI=1S/C26H30N4O5/c1-17-7-6-8-18(2)24(17)28-22(31)15-29(3)23(32)16-34-25(33)19-11-13-30(14-12-19)26-27-20-9-4-5-10-21(20)35-26/h4-10,19H,11-16H2,1-3H3,(H,28,31). The summed E-state index contributed by atoms with van der Waals surface area (Å²) in [7, 11) is 1.51. The Hall–Kier alpha value is -3.88. The molecule has 4 rings (SSSR count). The van der Waals surface area contributed by atoms with E-state index in [2.05, 4.69) is 10.3 Å². The maximum atomic E-state index is 12.5. The lowest BCUT2D eigenvalue weighted by molar-refractivity contribution is -0.155. The number of rotatable bonds is 7. The number of hydrogen-bond donors (Lipinski definition) is 1. The van der Waals surface area contributed by atoms with Gasteiger partial charge >= 0.3 is 5.97 Å². The Balaban J connectivity index is 1.21. The summed E-state index contributed by atoms with van der Waals surface area (Å²) >= 11 is 0. The van der Waals surface area contributed by atoms with Crippen molar-refractivity contribution in [2.24, 2.45) is 5.92 Å². The second kappa shape index (κ2) is 10.6. The van der Waals surface area contributed by atoms with E-state index in [0.29, 0.717) is 31.9 Å². The van der Waals surface area contributed by atoms with Crippen LogP contribution < -0.4 is 10.2 Å². The molecule has 3 aromatic rings. The SMILES string of the molecule is Cc1cccc(C)c1NC(=O)CN(C)C(=O)COC(=O)C1CCN(c2nc3ccccc3o2)CC1. The first-order chi connectivity index (χ1) is 16.8. The fourth-order valence-corrected chi connectivity index (χ4v) is 4.16. The van der Waals surface area contributed by atoms with Gasteiger partial charge in [0.25, 0.3) is 11.9 Å². The number of hydrogen-bond acceptors (Lipinski definition) is 7. The number of anilines is 2. The summed E-state index contributed by atoms with van der Waals surface area (Å²) in [6.45, 7) is 4.52. The van der Waals surface area contributed by atoms with Gasteiger partial charge in [0.1, 0.15) is 5.52 Å². The van der Waals surface area contributed by atoms with Gasteiger partial charge in [0.05, 0.1) is 12.5 Å². The highest BCUT2D eigenvalue weighted by atomic mass is 16.5. The van der Waals surface area contributed by atoms with Crippen LogP contribution in [0, 0.1) is 19.8 Å². The molecule has 9 nitrogen and oxygen atoms in total. The zero-order valence-corrected chi connectivity index (χ0v) is 20.2. The number of benzene rings is 2. The number of carbonyl (C=O) groups is 3. The fraction of sp³-hybridized carbons (Fsp3) is 0.385. The highest BCUT2D eigenvalue weighted by Crippen LogP contribution is 2.27. The Kier molecular flexibility index (Phi) is 7.33. The largest absolute Gasteiger partial charge is 0.455 e. The molecule has 1 fully saturated rings. The maximum Gasteiger partial charge on any atom is 0.309 e. The minimum Gasteiger partial charge on any atom is -0.455 e. The van der Waals surface area contributed by atoms with Crippen LogP contribution in [0.2, 0.25) is 0 Å². The Morgan fingerprint density at radius 2 is 1.77 bits per heavy atom. The quantitative estimate of drug-likeness (QED) is 0.520. The van der Waals surface area contributed by atoms with Crippen LogP contribution in [0.5, 0.6) is 0 Å². The van der Waals surface area contributed by atoms with Gasteiger partial charge in [-0.1, -0.05) is 30.3 Å². The summed E-state index contributed by atoms with van der Waals surface area (Å²) < 4.78 is 11.1. The lowest BCUT2D eigenvalue weighted by Crippen LogP contribution is -2.40. The topological polar surface area (TPSA) is 105 Å². The van der Waals surface area contributed by atoms with E-state index >= 15 is 0 Å². The number of oxazole rings is 1. The van der Waals surface area contributed by atoms with Gasteiger partial charge in [-0.2, -0.15) is 4.98 Å². The molecule has 1 aromatic heterocycles. The van der Waals surface area contributed by atoms with Gasteiger partial charge in [0.2, 0.25) is 5.91 Å². The minimum atomic E-state index is -0.432. The van der Waals surface area contributed by atoms with E-state index in [4.69, 9.17) is 9.15 Å². The first-order valence-corrected chi connectivity index (χ1v) is 11.7. The van der Waals surface area contributed by atoms with E-state index in [9.17, 15) is 14.4 Å². The molecule has 1 saturated heterocycles. The summed E-state index contributed by atoms with van der Waals surface area (Å²) in [6, 6.07) is 13.9. The van der Waals surface area contributed by atoms with Crippen LogP contribution in [0.3, 0.4) is 0 Å². The predicted octanol–water partition coefficient (Wildman–Crippen LogP) is 3.30. The van der Waals surface area contributed by atoms with Crippen molar-refractivity contribution in [2.75, 3.05) is 43.5 Å². The molecule has 1 aliphatic rings. The van der Waals surface area contributed by atoms with E-state index in [-0.39, 0.29) is 18.4 Å². The van der Waals surface area contributed by atoms with Gasteiger partial charge in [0, 0.05) is 25.8 Å². The lowest BCUT2D eigenvalue weighted by atomic mass is 9.97. The van der Waals surface area contributed by atoms with E-state index < -0.39 is 18.5 Å². The van der Waals surface area contributed by atoms with Gasteiger partial charge in [-0.05, 0) is 49.9 Å². The van der Waals surface area contributed by atoms with Crippen LogP contribution in [0.25, 0.3) is 11.1 Å². The van der Waals surface area contributed by atoms with E-state index in [1.54, 1.807) is 0 Å². The average molecular weight is 479 g/mol. The second-order valence-electron chi connectivity index (χ2n) is 8.90. The van der Waals surface area contributed by atoms with Crippen LogP contribution in [-0.2, 0) is 19.1 Å². The van der Waals surface area contributed by atoms with Gasteiger partial charge in [-0.15, -0.1) is 0 Å². The minimum absolute atomic E-state index is 0.132. The van der Waals surface area contributed by atoms with Crippen LogP contribution in [0.4, 0.5) is 11.7 Å². The molecule has 0 atom stereocenters. The third-order valence-electron chi connectivity index (χ3n) is 6.27.